The number of nitrogens with zero attached hydrogens (tertiary/aromatic N) is 1. The summed E-state index contributed by atoms with van der Waals surface area (Å²) in [6.07, 6.45) is 1.17. The van der Waals surface area contributed by atoms with Gasteiger partial charge in [0.1, 0.15) is 11.6 Å². The minimum atomic E-state index is -1.19. The van der Waals surface area contributed by atoms with Crippen molar-refractivity contribution in [1.82, 2.24) is 4.98 Å². The fraction of sp³-hybridized carbons (Fsp3) is 0. The lowest BCUT2D eigenvalue weighted by Gasteiger charge is -2.07. The maximum absolute atomic E-state index is 13.0. The van der Waals surface area contributed by atoms with E-state index in [-0.39, 0.29) is 27.9 Å². The molecule has 0 amide bonds. The number of hydrogen-bond acceptors (Lipinski definition) is 4. The quantitative estimate of drug-likeness (QED) is 0.904. The van der Waals surface area contributed by atoms with E-state index in [4.69, 9.17) is 27.2 Å². The maximum Gasteiger partial charge on any atom is 0.338 e. The van der Waals surface area contributed by atoms with Gasteiger partial charge in [0.25, 0.3) is 0 Å². The summed E-state index contributed by atoms with van der Waals surface area (Å²) in [5, 5.41) is 8.80. The number of carboxylic acids is 1. The average molecular weight is 283 g/mol. The number of rotatable bonds is 3. The Labute approximate surface area is 112 Å². The van der Waals surface area contributed by atoms with E-state index in [9.17, 15) is 9.18 Å². The van der Waals surface area contributed by atoms with Crippen LogP contribution in [0.5, 0.6) is 11.6 Å². The molecule has 2 rings (SSSR count). The van der Waals surface area contributed by atoms with Gasteiger partial charge in [-0.05, 0) is 12.1 Å². The number of aromatic nitrogens is 1. The van der Waals surface area contributed by atoms with E-state index in [0.29, 0.717) is 0 Å². The van der Waals surface area contributed by atoms with Gasteiger partial charge in [-0.3, -0.25) is 0 Å². The van der Waals surface area contributed by atoms with Crippen LogP contribution in [0.4, 0.5) is 10.1 Å². The zero-order valence-corrected chi connectivity index (χ0v) is 10.2. The second kappa shape index (κ2) is 5.11. The number of hydrogen-bond donors (Lipinski definition) is 2. The van der Waals surface area contributed by atoms with E-state index in [1.807, 2.05) is 0 Å². The third kappa shape index (κ3) is 2.92. The molecule has 0 radical (unpaired) electrons. The van der Waals surface area contributed by atoms with Gasteiger partial charge in [0.15, 0.2) is 0 Å². The second-order valence-electron chi connectivity index (χ2n) is 3.59. The molecular formula is C12H8ClFN2O3. The molecule has 1 aromatic carbocycles. The molecule has 0 fully saturated rings. The lowest BCUT2D eigenvalue weighted by molar-refractivity contribution is 0.0697. The molecule has 7 heteroatoms. The number of benzene rings is 1. The Kier molecular flexibility index (Phi) is 3.52. The summed E-state index contributed by atoms with van der Waals surface area (Å²) in [4.78, 5) is 14.7. The fourth-order valence-electron chi connectivity index (χ4n) is 1.35. The summed E-state index contributed by atoms with van der Waals surface area (Å²) in [7, 11) is 0. The van der Waals surface area contributed by atoms with Crippen LogP contribution in [0.25, 0.3) is 0 Å². The normalized spacial score (nSPS) is 10.2. The van der Waals surface area contributed by atoms with Gasteiger partial charge in [0, 0.05) is 12.1 Å². The molecule has 1 aromatic heterocycles. The summed E-state index contributed by atoms with van der Waals surface area (Å²) in [5.74, 6) is -1.51. The Balaban J connectivity index is 2.30. The van der Waals surface area contributed by atoms with Crippen LogP contribution >= 0.6 is 11.6 Å². The monoisotopic (exact) mass is 282 g/mol. The van der Waals surface area contributed by atoms with E-state index in [2.05, 4.69) is 4.98 Å². The number of carbonyl (C=O) groups is 1. The van der Waals surface area contributed by atoms with Crippen LogP contribution in [0.15, 0.2) is 30.5 Å². The first-order valence-corrected chi connectivity index (χ1v) is 5.47. The zero-order valence-electron chi connectivity index (χ0n) is 9.43. The first kappa shape index (κ1) is 13.1. The van der Waals surface area contributed by atoms with Crippen LogP contribution in [0, 0.1) is 5.82 Å². The lowest BCUT2D eigenvalue weighted by Crippen LogP contribution is -2.03. The highest BCUT2D eigenvalue weighted by atomic mass is 35.5. The van der Waals surface area contributed by atoms with Crippen molar-refractivity contribution in [2.24, 2.45) is 0 Å². The molecule has 1 heterocycles. The van der Waals surface area contributed by atoms with Crippen molar-refractivity contribution in [3.63, 3.8) is 0 Å². The second-order valence-corrected chi connectivity index (χ2v) is 4.00. The molecule has 0 unspecified atom stereocenters. The van der Waals surface area contributed by atoms with Crippen LogP contribution in [-0.4, -0.2) is 16.1 Å². The molecule has 98 valence electrons. The Morgan fingerprint density at radius 2 is 2.16 bits per heavy atom. The molecule has 0 saturated heterocycles. The van der Waals surface area contributed by atoms with Gasteiger partial charge < -0.3 is 15.6 Å². The summed E-state index contributed by atoms with van der Waals surface area (Å²) in [5.41, 5.74) is 5.36. The Bertz CT molecular complexity index is 649. The van der Waals surface area contributed by atoms with E-state index in [0.717, 1.165) is 6.07 Å². The minimum Gasteiger partial charge on any atom is -0.478 e. The molecule has 0 saturated carbocycles. The third-order valence-corrected chi connectivity index (χ3v) is 2.54. The van der Waals surface area contributed by atoms with Gasteiger partial charge in [-0.15, -0.1) is 0 Å². The molecule has 2 aromatic rings. The van der Waals surface area contributed by atoms with E-state index < -0.39 is 11.8 Å². The zero-order chi connectivity index (χ0) is 14.0. The molecule has 19 heavy (non-hydrogen) atoms. The molecule has 5 nitrogen and oxygen atoms in total. The number of halogens is 2. The van der Waals surface area contributed by atoms with Crippen LogP contribution in [0.1, 0.15) is 10.4 Å². The number of carboxylic acid groups (broad SMARTS) is 1. The highest BCUT2D eigenvalue weighted by Crippen LogP contribution is 2.26. The number of anilines is 1. The number of ether oxygens (including phenoxy) is 1. The smallest absolute Gasteiger partial charge is 0.338 e. The molecule has 0 spiro atoms. The molecule has 0 aliphatic heterocycles. The van der Waals surface area contributed by atoms with E-state index in [1.165, 1.54) is 24.4 Å². The summed E-state index contributed by atoms with van der Waals surface area (Å²) in [6.45, 7) is 0. The van der Waals surface area contributed by atoms with Gasteiger partial charge in [0.2, 0.25) is 5.88 Å². The number of aromatic carboxylic acids is 1. The molecule has 0 aliphatic rings. The Hall–Kier alpha value is -2.34. The van der Waals surface area contributed by atoms with Crippen LogP contribution in [-0.2, 0) is 0 Å². The topological polar surface area (TPSA) is 85.4 Å². The van der Waals surface area contributed by atoms with Crippen molar-refractivity contribution in [2.45, 2.75) is 0 Å². The minimum absolute atomic E-state index is 0.0225. The van der Waals surface area contributed by atoms with E-state index in [1.54, 1.807) is 0 Å². The number of nitrogens with two attached hydrogens (primary N) is 1. The van der Waals surface area contributed by atoms with Crippen molar-refractivity contribution >= 4 is 23.3 Å². The van der Waals surface area contributed by atoms with Gasteiger partial charge in [-0.2, -0.15) is 0 Å². The molecular weight excluding hydrogens is 275 g/mol. The summed E-state index contributed by atoms with van der Waals surface area (Å²) < 4.78 is 18.2. The van der Waals surface area contributed by atoms with Gasteiger partial charge in [-0.25, -0.2) is 14.2 Å². The molecule has 0 atom stereocenters. The predicted molar refractivity (Wildman–Crippen MR) is 67.1 cm³/mol. The van der Waals surface area contributed by atoms with Crippen molar-refractivity contribution in [3.8, 4) is 11.6 Å². The third-order valence-electron chi connectivity index (χ3n) is 2.25. The molecule has 0 bridgehead atoms. The maximum atomic E-state index is 13.0. The van der Waals surface area contributed by atoms with Gasteiger partial charge in [0.05, 0.1) is 22.5 Å². The standard InChI is InChI=1S/C12H8ClFN2O3/c13-8-3-6(1-2-9(8)14)19-11-4-7(12(17)18)10(15)5-16-11/h1-5H,15H2,(H,17,18). The SMILES string of the molecule is Nc1cnc(Oc2ccc(F)c(Cl)c2)cc1C(=O)O. The van der Waals surface area contributed by atoms with Crippen LogP contribution < -0.4 is 10.5 Å². The largest absolute Gasteiger partial charge is 0.478 e. The lowest BCUT2D eigenvalue weighted by atomic mass is 10.2. The van der Waals surface area contributed by atoms with Crippen molar-refractivity contribution in [1.29, 1.82) is 0 Å². The number of pyridine rings is 1. The first-order valence-electron chi connectivity index (χ1n) is 5.09. The molecule has 0 aliphatic carbocycles. The van der Waals surface area contributed by atoms with Crippen molar-refractivity contribution < 1.29 is 19.0 Å². The molecule has 3 N–H and O–H groups in total. The first-order chi connectivity index (χ1) is 8.97. The van der Waals surface area contributed by atoms with Crippen molar-refractivity contribution in [3.05, 3.63) is 46.9 Å². The van der Waals surface area contributed by atoms with Gasteiger partial charge in [-0.1, -0.05) is 11.6 Å². The fourth-order valence-corrected chi connectivity index (χ4v) is 1.52. The van der Waals surface area contributed by atoms with E-state index >= 15 is 0 Å². The highest BCUT2D eigenvalue weighted by Gasteiger charge is 2.11. The Morgan fingerprint density at radius 1 is 1.42 bits per heavy atom. The van der Waals surface area contributed by atoms with Crippen molar-refractivity contribution in [2.75, 3.05) is 5.73 Å². The summed E-state index contributed by atoms with van der Waals surface area (Å²) in [6, 6.07) is 4.91. The predicted octanol–water partition coefficient (Wildman–Crippen LogP) is 2.95. The van der Waals surface area contributed by atoms with Crippen LogP contribution in [0.2, 0.25) is 5.02 Å². The highest BCUT2D eigenvalue weighted by molar-refractivity contribution is 6.30. The number of nitrogen functional groups attached to an aromatic ring is 1. The average Bonchev–Trinajstić information content (AvgIpc) is 2.36. The van der Waals surface area contributed by atoms with Gasteiger partial charge >= 0.3 is 5.97 Å². The summed E-state index contributed by atoms with van der Waals surface area (Å²) >= 11 is 5.60. The van der Waals surface area contributed by atoms with Crippen LogP contribution in [0.3, 0.4) is 0 Å². The Morgan fingerprint density at radius 3 is 2.79 bits per heavy atom.